The Morgan fingerprint density at radius 3 is 2.73 bits per heavy atom. The summed E-state index contributed by atoms with van der Waals surface area (Å²) in [6.07, 6.45) is 9.70. The van der Waals surface area contributed by atoms with E-state index in [4.69, 9.17) is 14.7 Å². The minimum atomic E-state index is -0.771. The van der Waals surface area contributed by atoms with Gasteiger partial charge in [0, 0.05) is 24.2 Å². The molecule has 9 nitrogen and oxygen atoms in total. The Morgan fingerprint density at radius 2 is 2.06 bits per heavy atom. The highest BCUT2D eigenvalue weighted by Gasteiger charge is 2.33. The van der Waals surface area contributed by atoms with Crippen LogP contribution in [0.25, 0.3) is 10.2 Å². The van der Waals surface area contributed by atoms with Gasteiger partial charge in [0.25, 0.3) is 0 Å². The number of carboxylic acid groups (broad SMARTS) is 1. The van der Waals surface area contributed by atoms with E-state index >= 15 is 0 Å². The monoisotopic (exact) mass is 470 g/mol. The lowest BCUT2D eigenvalue weighted by molar-refractivity contribution is -0.137. The molecule has 176 valence electrons. The summed E-state index contributed by atoms with van der Waals surface area (Å²) in [6, 6.07) is 0.586. The number of thiophene rings is 1. The highest BCUT2D eigenvalue weighted by molar-refractivity contribution is 7.19. The Labute approximate surface area is 196 Å². The third-order valence-electron chi connectivity index (χ3n) is 6.79. The number of fused-ring (bicyclic) bond motifs is 3. The molecule has 0 aromatic carbocycles. The van der Waals surface area contributed by atoms with Crippen molar-refractivity contribution >= 4 is 39.2 Å². The third kappa shape index (κ3) is 4.54. The van der Waals surface area contributed by atoms with Crippen molar-refractivity contribution in [3.05, 3.63) is 22.8 Å². The minimum Gasteiger partial charge on any atom is -0.481 e. The maximum absolute atomic E-state index is 11.5. The van der Waals surface area contributed by atoms with Crippen LogP contribution in [0.4, 0.5) is 11.6 Å². The molecule has 33 heavy (non-hydrogen) atoms. The first-order valence-electron chi connectivity index (χ1n) is 11.5. The standard InChI is InChI=1S/C23H30N6O3S/c1-28(2)15-5-7-16(8-6-15)32-21-20-19-13(10-18(30)31)4-9-17(19)33-22(20)27-23(26-21)25-14-11-24-29(3)12-14/h11-13,15-16H,4-10H2,1-3H3,(H,30,31)(H,25,26,27)/t13-,15?,16?/m1/s1. The summed E-state index contributed by atoms with van der Waals surface area (Å²) in [5, 5.41) is 17.8. The Bertz CT molecular complexity index is 1160. The van der Waals surface area contributed by atoms with Gasteiger partial charge in [0.2, 0.25) is 11.8 Å². The van der Waals surface area contributed by atoms with Crippen LogP contribution in [0.15, 0.2) is 12.4 Å². The number of anilines is 2. The van der Waals surface area contributed by atoms with Gasteiger partial charge in [-0.2, -0.15) is 10.1 Å². The first kappa shape index (κ1) is 22.1. The largest absolute Gasteiger partial charge is 0.481 e. The van der Waals surface area contributed by atoms with E-state index in [1.165, 1.54) is 4.88 Å². The van der Waals surface area contributed by atoms with Gasteiger partial charge in [-0.15, -0.1) is 11.3 Å². The highest BCUT2D eigenvalue weighted by atomic mass is 32.1. The number of aliphatic carboxylic acids is 1. The van der Waals surface area contributed by atoms with Crippen LogP contribution in [0.1, 0.15) is 54.9 Å². The van der Waals surface area contributed by atoms with Crippen LogP contribution < -0.4 is 10.1 Å². The van der Waals surface area contributed by atoms with Crippen LogP contribution in [-0.2, 0) is 18.3 Å². The van der Waals surface area contributed by atoms with Gasteiger partial charge in [0.05, 0.1) is 23.7 Å². The summed E-state index contributed by atoms with van der Waals surface area (Å²) in [6.45, 7) is 0. The van der Waals surface area contributed by atoms with Crippen molar-refractivity contribution in [1.29, 1.82) is 0 Å². The van der Waals surface area contributed by atoms with Gasteiger partial charge >= 0.3 is 5.97 Å². The van der Waals surface area contributed by atoms with E-state index in [2.05, 4.69) is 29.4 Å². The lowest BCUT2D eigenvalue weighted by atomic mass is 9.92. The molecule has 0 aliphatic heterocycles. The maximum Gasteiger partial charge on any atom is 0.303 e. The number of aryl methyl sites for hydroxylation is 2. The zero-order chi connectivity index (χ0) is 23.1. The molecule has 0 unspecified atom stereocenters. The third-order valence-corrected chi connectivity index (χ3v) is 7.95. The van der Waals surface area contributed by atoms with Gasteiger partial charge in [-0.05, 0) is 64.1 Å². The molecule has 0 saturated heterocycles. The predicted octanol–water partition coefficient (Wildman–Crippen LogP) is 3.92. The molecule has 3 aromatic rings. The van der Waals surface area contributed by atoms with Crippen LogP contribution in [0.3, 0.4) is 0 Å². The fourth-order valence-electron chi connectivity index (χ4n) is 5.11. The SMILES string of the molecule is CN(C)C1CCC(Oc2nc(Nc3cnn(C)c3)nc3sc4c(c23)[C@@H](CC(=O)O)CC4)CC1. The second-order valence-corrected chi connectivity index (χ2v) is 10.4. The van der Waals surface area contributed by atoms with Crippen molar-refractivity contribution in [2.45, 2.75) is 63.0 Å². The Kier molecular flexibility index (Phi) is 5.96. The topological polar surface area (TPSA) is 105 Å². The van der Waals surface area contributed by atoms with E-state index in [1.807, 2.05) is 13.2 Å². The lowest BCUT2D eigenvalue weighted by Crippen LogP contribution is -2.35. The second-order valence-electron chi connectivity index (χ2n) is 9.34. The second kappa shape index (κ2) is 8.90. The average molecular weight is 471 g/mol. The molecule has 2 aliphatic rings. The normalized spacial score (nSPS) is 22.6. The molecular formula is C23H30N6O3S. The number of hydrogen-bond acceptors (Lipinski definition) is 8. The van der Waals surface area contributed by atoms with Crippen LogP contribution >= 0.6 is 11.3 Å². The Hall–Kier alpha value is -2.72. The first-order chi connectivity index (χ1) is 15.9. The summed E-state index contributed by atoms with van der Waals surface area (Å²) in [5.41, 5.74) is 1.89. The lowest BCUT2D eigenvalue weighted by Gasteiger charge is -2.32. The van der Waals surface area contributed by atoms with Crippen molar-refractivity contribution in [2.75, 3.05) is 19.4 Å². The number of ether oxygens (including phenoxy) is 1. The van der Waals surface area contributed by atoms with Crippen molar-refractivity contribution in [2.24, 2.45) is 7.05 Å². The molecule has 5 rings (SSSR count). The molecule has 2 aliphatic carbocycles. The summed E-state index contributed by atoms with van der Waals surface area (Å²) in [5.74, 6) is 0.267. The van der Waals surface area contributed by atoms with Crippen molar-refractivity contribution < 1.29 is 14.6 Å². The summed E-state index contributed by atoms with van der Waals surface area (Å²) >= 11 is 1.64. The molecule has 10 heteroatoms. The van der Waals surface area contributed by atoms with E-state index in [0.717, 1.165) is 60.0 Å². The Balaban J connectivity index is 1.50. The number of carbonyl (C=O) groups is 1. The van der Waals surface area contributed by atoms with Crippen LogP contribution in [-0.4, -0.2) is 62.0 Å². The van der Waals surface area contributed by atoms with Gasteiger partial charge in [0.15, 0.2) is 0 Å². The molecule has 0 spiro atoms. The van der Waals surface area contributed by atoms with E-state index in [1.54, 1.807) is 22.2 Å². The molecule has 1 atom stereocenters. The molecular weight excluding hydrogens is 440 g/mol. The van der Waals surface area contributed by atoms with Gasteiger partial charge in [-0.1, -0.05) is 0 Å². The van der Waals surface area contributed by atoms with Crippen LogP contribution in [0.5, 0.6) is 5.88 Å². The molecule has 3 heterocycles. The first-order valence-corrected chi connectivity index (χ1v) is 12.3. The van der Waals surface area contributed by atoms with Gasteiger partial charge in [-0.3, -0.25) is 9.48 Å². The minimum absolute atomic E-state index is 0.0150. The van der Waals surface area contributed by atoms with Gasteiger partial charge < -0.3 is 20.1 Å². The molecule has 1 saturated carbocycles. The summed E-state index contributed by atoms with van der Waals surface area (Å²) in [7, 11) is 6.13. The van der Waals surface area contributed by atoms with Crippen LogP contribution in [0, 0.1) is 0 Å². The molecule has 0 amide bonds. The number of nitrogens with one attached hydrogen (secondary N) is 1. The predicted molar refractivity (Wildman–Crippen MR) is 128 cm³/mol. The van der Waals surface area contributed by atoms with Gasteiger partial charge in [-0.25, -0.2) is 4.98 Å². The molecule has 3 aromatic heterocycles. The fourth-order valence-corrected chi connectivity index (χ4v) is 6.37. The number of aromatic nitrogens is 4. The van der Waals surface area contributed by atoms with E-state index in [9.17, 15) is 9.90 Å². The van der Waals surface area contributed by atoms with Crippen molar-refractivity contribution in [3.63, 3.8) is 0 Å². The quantitative estimate of drug-likeness (QED) is 0.535. The fraction of sp³-hybridized carbons (Fsp3) is 0.565. The summed E-state index contributed by atoms with van der Waals surface area (Å²) in [4.78, 5) is 25.4. The molecule has 2 N–H and O–H groups in total. The molecule has 1 fully saturated rings. The molecule has 0 bridgehead atoms. The van der Waals surface area contributed by atoms with Crippen LogP contribution in [0.2, 0.25) is 0 Å². The summed E-state index contributed by atoms with van der Waals surface area (Å²) < 4.78 is 8.27. The van der Waals surface area contributed by atoms with E-state index < -0.39 is 5.97 Å². The number of rotatable bonds is 7. The van der Waals surface area contributed by atoms with E-state index in [0.29, 0.717) is 17.9 Å². The smallest absolute Gasteiger partial charge is 0.303 e. The number of hydrogen-bond donors (Lipinski definition) is 2. The van der Waals surface area contributed by atoms with Crippen molar-refractivity contribution in [3.8, 4) is 5.88 Å². The molecule has 0 radical (unpaired) electrons. The van der Waals surface area contributed by atoms with Crippen molar-refractivity contribution in [1.82, 2.24) is 24.6 Å². The number of carboxylic acids is 1. The van der Waals surface area contributed by atoms with Gasteiger partial charge in [0.1, 0.15) is 10.9 Å². The number of nitrogens with zero attached hydrogens (tertiary/aromatic N) is 5. The zero-order valence-corrected chi connectivity index (χ0v) is 20.1. The van der Waals surface area contributed by atoms with E-state index in [-0.39, 0.29) is 18.4 Å². The zero-order valence-electron chi connectivity index (χ0n) is 19.2. The highest BCUT2D eigenvalue weighted by Crippen LogP contribution is 2.48. The maximum atomic E-state index is 11.5. The Morgan fingerprint density at radius 1 is 1.27 bits per heavy atom. The average Bonchev–Trinajstić information content (AvgIpc) is 3.44.